The number of carbonyl (C=O) groups excluding carboxylic acids is 2. The molecule has 0 spiro atoms. The molecular formula is C28H29N3O2. The van der Waals surface area contributed by atoms with Crippen LogP contribution in [0.2, 0.25) is 0 Å². The van der Waals surface area contributed by atoms with Gasteiger partial charge in [-0.1, -0.05) is 60.2 Å². The van der Waals surface area contributed by atoms with Crippen molar-refractivity contribution < 1.29 is 9.59 Å². The van der Waals surface area contributed by atoms with E-state index in [1.54, 1.807) is 4.90 Å². The summed E-state index contributed by atoms with van der Waals surface area (Å²) in [6.07, 6.45) is 1.78. The minimum absolute atomic E-state index is 0.00155. The predicted molar refractivity (Wildman–Crippen MR) is 130 cm³/mol. The van der Waals surface area contributed by atoms with E-state index in [0.29, 0.717) is 31.7 Å². The second-order valence-corrected chi connectivity index (χ2v) is 8.99. The average Bonchev–Trinajstić information content (AvgIpc) is 2.86. The van der Waals surface area contributed by atoms with Gasteiger partial charge in [-0.05, 0) is 54.7 Å². The van der Waals surface area contributed by atoms with E-state index < -0.39 is 0 Å². The van der Waals surface area contributed by atoms with Crippen LogP contribution in [-0.4, -0.2) is 41.4 Å². The second kappa shape index (κ2) is 9.10. The number of anilines is 1. The zero-order chi connectivity index (χ0) is 22.8. The predicted octanol–water partition coefficient (Wildman–Crippen LogP) is 5.03. The van der Waals surface area contributed by atoms with Crippen molar-refractivity contribution >= 4 is 17.6 Å². The number of carbonyl (C=O) groups is 2. The molecule has 0 aliphatic carbocycles. The summed E-state index contributed by atoms with van der Waals surface area (Å²) in [5.74, 6) is 0.0207. The van der Waals surface area contributed by atoms with E-state index in [2.05, 4.69) is 49.4 Å². The van der Waals surface area contributed by atoms with Crippen molar-refractivity contribution in [3.63, 3.8) is 0 Å². The molecule has 3 aromatic carbocycles. The van der Waals surface area contributed by atoms with Crippen LogP contribution < -0.4 is 4.90 Å². The molecule has 3 amide bonds. The number of amides is 3. The van der Waals surface area contributed by atoms with Crippen LogP contribution in [0.3, 0.4) is 0 Å². The lowest BCUT2D eigenvalue weighted by atomic mass is 9.99. The van der Waals surface area contributed by atoms with Crippen LogP contribution >= 0.6 is 0 Å². The molecule has 2 heterocycles. The molecule has 0 unspecified atom stereocenters. The monoisotopic (exact) mass is 439 g/mol. The quantitative estimate of drug-likeness (QED) is 0.573. The molecule has 0 saturated carbocycles. The number of hydrogen-bond donors (Lipinski definition) is 0. The molecule has 0 aromatic heterocycles. The fraction of sp³-hybridized carbons (Fsp3) is 0.286. The van der Waals surface area contributed by atoms with Crippen molar-refractivity contribution in [1.29, 1.82) is 0 Å². The third-order valence-corrected chi connectivity index (χ3v) is 6.63. The first-order valence-corrected chi connectivity index (χ1v) is 11.7. The lowest BCUT2D eigenvalue weighted by molar-refractivity contribution is 0.0734. The Hall–Kier alpha value is -3.60. The summed E-state index contributed by atoms with van der Waals surface area (Å²) in [6, 6.07) is 24.2. The molecular weight excluding hydrogens is 410 g/mol. The molecule has 1 fully saturated rings. The van der Waals surface area contributed by atoms with Gasteiger partial charge in [0.1, 0.15) is 0 Å². The molecule has 3 aromatic rings. The maximum absolute atomic E-state index is 13.3. The first-order valence-electron chi connectivity index (χ1n) is 11.7. The Morgan fingerprint density at radius 3 is 2.48 bits per heavy atom. The van der Waals surface area contributed by atoms with Crippen LogP contribution in [0.4, 0.5) is 10.5 Å². The molecule has 5 heteroatoms. The van der Waals surface area contributed by atoms with Crippen molar-refractivity contribution in [3.05, 3.63) is 101 Å². The van der Waals surface area contributed by atoms with E-state index in [4.69, 9.17) is 0 Å². The van der Waals surface area contributed by atoms with E-state index in [-0.39, 0.29) is 11.9 Å². The lowest BCUT2D eigenvalue weighted by Gasteiger charge is -2.36. The first kappa shape index (κ1) is 21.3. The van der Waals surface area contributed by atoms with Gasteiger partial charge in [-0.25, -0.2) is 4.79 Å². The molecule has 0 N–H and O–H groups in total. The van der Waals surface area contributed by atoms with Crippen molar-refractivity contribution in [2.45, 2.75) is 32.9 Å². The Kier molecular flexibility index (Phi) is 5.86. The topological polar surface area (TPSA) is 43.9 Å². The second-order valence-electron chi connectivity index (χ2n) is 8.99. The summed E-state index contributed by atoms with van der Waals surface area (Å²) in [4.78, 5) is 32.1. The first-order chi connectivity index (χ1) is 16.1. The minimum atomic E-state index is -0.00155. The van der Waals surface area contributed by atoms with Gasteiger partial charge in [-0.15, -0.1) is 0 Å². The standard InChI is InChI=1S/C28H29N3O2/c1-21-10-12-22(13-11-21)19-30-15-5-16-31(28(30)33)26-9-4-8-24(18-26)27(32)29-17-14-23-6-2-3-7-25(23)20-29/h2-4,6-13,18H,5,14-17,19-20H2,1H3. The molecule has 2 aliphatic rings. The third kappa shape index (κ3) is 4.49. The van der Waals surface area contributed by atoms with Crippen LogP contribution in [0.5, 0.6) is 0 Å². The summed E-state index contributed by atoms with van der Waals surface area (Å²) < 4.78 is 0. The zero-order valence-electron chi connectivity index (χ0n) is 19.0. The zero-order valence-corrected chi connectivity index (χ0v) is 19.0. The molecule has 1 saturated heterocycles. The van der Waals surface area contributed by atoms with Crippen LogP contribution in [0.15, 0.2) is 72.8 Å². The number of hydrogen-bond acceptors (Lipinski definition) is 2. The summed E-state index contributed by atoms with van der Waals surface area (Å²) in [6.45, 7) is 5.42. The fourth-order valence-corrected chi connectivity index (χ4v) is 4.74. The Balaban J connectivity index is 1.31. The Bertz CT molecular complexity index is 1170. The number of aryl methyl sites for hydroxylation is 1. The van der Waals surface area contributed by atoms with Crippen molar-refractivity contribution in [1.82, 2.24) is 9.80 Å². The average molecular weight is 440 g/mol. The molecule has 0 atom stereocenters. The van der Waals surface area contributed by atoms with Gasteiger partial charge >= 0.3 is 6.03 Å². The summed E-state index contributed by atoms with van der Waals surface area (Å²) in [7, 11) is 0. The van der Waals surface area contributed by atoms with Gasteiger partial charge in [-0.2, -0.15) is 0 Å². The van der Waals surface area contributed by atoms with E-state index in [1.807, 2.05) is 40.1 Å². The summed E-state index contributed by atoms with van der Waals surface area (Å²) in [5.41, 5.74) is 6.30. The maximum atomic E-state index is 13.3. The number of benzene rings is 3. The highest BCUT2D eigenvalue weighted by atomic mass is 16.2. The highest BCUT2D eigenvalue weighted by molar-refractivity contribution is 5.98. The maximum Gasteiger partial charge on any atom is 0.324 e. The Labute approximate surface area is 195 Å². The molecule has 5 nitrogen and oxygen atoms in total. The van der Waals surface area contributed by atoms with E-state index in [1.165, 1.54) is 16.7 Å². The van der Waals surface area contributed by atoms with Crippen LogP contribution in [0.1, 0.15) is 39.0 Å². The third-order valence-electron chi connectivity index (χ3n) is 6.63. The number of rotatable bonds is 4. The Morgan fingerprint density at radius 2 is 1.67 bits per heavy atom. The van der Waals surface area contributed by atoms with Crippen LogP contribution in [0, 0.1) is 6.92 Å². The van der Waals surface area contributed by atoms with Crippen LogP contribution in [0.25, 0.3) is 0 Å². The van der Waals surface area contributed by atoms with Crippen LogP contribution in [-0.2, 0) is 19.5 Å². The highest BCUT2D eigenvalue weighted by Crippen LogP contribution is 2.25. The molecule has 0 radical (unpaired) electrons. The minimum Gasteiger partial charge on any atom is -0.334 e. The smallest absolute Gasteiger partial charge is 0.324 e. The molecule has 168 valence electrons. The number of fused-ring (bicyclic) bond motifs is 1. The van der Waals surface area contributed by atoms with E-state index in [9.17, 15) is 9.59 Å². The van der Waals surface area contributed by atoms with E-state index >= 15 is 0 Å². The number of nitrogens with zero attached hydrogens (tertiary/aromatic N) is 3. The van der Waals surface area contributed by atoms with Crippen molar-refractivity contribution in [2.75, 3.05) is 24.5 Å². The molecule has 2 aliphatic heterocycles. The molecule has 0 bridgehead atoms. The largest absolute Gasteiger partial charge is 0.334 e. The van der Waals surface area contributed by atoms with Gasteiger partial charge < -0.3 is 9.80 Å². The van der Waals surface area contributed by atoms with Gasteiger partial charge in [0, 0.05) is 44.0 Å². The van der Waals surface area contributed by atoms with E-state index in [0.717, 1.165) is 30.6 Å². The van der Waals surface area contributed by atoms with Gasteiger partial charge in [0.25, 0.3) is 5.91 Å². The summed E-state index contributed by atoms with van der Waals surface area (Å²) in [5, 5.41) is 0. The van der Waals surface area contributed by atoms with Gasteiger partial charge in [0.05, 0.1) is 0 Å². The van der Waals surface area contributed by atoms with Crippen molar-refractivity contribution in [3.8, 4) is 0 Å². The Morgan fingerprint density at radius 1 is 0.879 bits per heavy atom. The number of urea groups is 1. The lowest BCUT2D eigenvalue weighted by Crippen LogP contribution is -2.49. The molecule has 33 heavy (non-hydrogen) atoms. The van der Waals surface area contributed by atoms with Gasteiger partial charge in [-0.3, -0.25) is 9.69 Å². The highest BCUT2D eigenvalue weighted by Gasteiger charge is 2.28. The SMILES string of the molecule is Cc1ccc(CN2CCCN(c3cccc(C(=O)N4CCc5ccccc5C4)c3)C2=O)cc1. The van der Waals surface area contributed by atoms with Gasteiger partial charge in [0.2, 0.25) is 0 Å². The normalized spacial score (nSPS) is 16.0. The molecule has 5 rings (SSSR count). The van der Waals surface area contributed by atoms with Gasteiger partial charge in [0.15, 0.2) is 0 Å². The summed E-state index contributed by atoms with van der Waals surface area (Å²) >= 11 is 0. The fourth-order valence-electron chi connectivity index (χ4n) is 4.74. The van der Waals surface area contributed by atoms with Crippen molar-refractivity contribution in [2.24, 2.45) is 0 Å².